The lowest BCUT2D eigenvalue weighted by molar-refractivity contribution is -0.146. The highest BCUT2D eigenvalue weighted by Crippen LogP contribution is 2.24. The molecule has 1 amide bonds. The number of piperidine rings is 1. The Kier molecular flexibility index (Phi) is 8.81. The van der Waals surface area contributed by atoms with Gasteiger partial charge in [-0.3, -0.25) is 9.59 Å². The predicted molar refractivity (Wildman–Crippen MR) is 137 cm³/mol. The highest BCUT2D eigenvalue weighted by molar-refractivity contribution is 7.89. The van der Waals surface area contributed by atoms with Gasteiger partial charge in [-0.15, -0.1) is 0 Å². The molecule has 0 radical (unpaired) electrons. The van der Waals surface area contributed by atoms with Gasteiger partial charge in [0.15, 0.2) is 0 Å². The summed E-state index contributed by atoms with van der Waals surface area (Å²) in [5.74, 6) is -1.72. The molecule has 11 nitrogen and oxygen atoms in total. The van der Waals surface area contributed by atoms with Crippen LogP contribution >= 0.6 is 0 Å². The highest BCUT2D eigenvalue weighted by atomic mass is 32.2. The third-order valence-electron chi connectivity index (χ3n) is 5.89. The predicted octanol–water partition coefficient (Wildman–Crippen LogP) is 2.25. The van der Waals surface area contributed by atoms with Crippen molar-refractivity contribution in [2.45, 2.75) is 30.2 Å². The summed E-state index contributed by atoms with van der Waals surface area (Å²) in [6.07, 6.45) is 4.65. The number of nitrogens with one attached hydrogen (secondary N) is 3. The van der Waals surface area contributed by atoms with Crippen LogP contribution < -0.4 is 20.4 Å². The van der Waals surface area contributed by atoms with Crippen LogP contribution in [0, 0.1) is 5.82 Å². The summed E-state index contributed by atoms with van der Waals surface area (Å²) in [6.45, 7) is 1.22. The van der Waals surface area contributed by atoms with Crippen molar-refractivity contribution in [3.8, 4) is 0 Å². The van der Waals surface area contributed by atoms with Crippen LogP contribution in [0.5, 0.6) is 0 Å². The number of sulfonamides is 1. The largest absolute Gasteiger partial charge is 0.371 e. The van der Waals surface area contributed by atoms with Crippen LogP contribution in [-0.4, -0.2) is 55.9 Å². The molecule has 1 aliphatic rings. The third kappa shape index (κ3) is 7.23. The van der Waals surface area contributed by atoms with E-state index in [4.69, 9.17) is 0 Å². The topological polar surface area (TPSA) is 143 Å². The third-order valence-corrected chi connectivity index (χ3v) is 7.08. The van der Waals surface area contributed by atoms with Crippen LogP contribution in [0.25, 0.3) is 0 Å². The van der Waals surface area contributed by atoms with E-state index in [-0.39, 0.29) is 29.5 Å². The number of halogens is 1. The number of anilines is 2. The van der Waals surface area contributed by atoms with Crippen molar-refractivity contribution in [3.63, 3.8) is 0 Å². The van der Waals surface area contributed by atoms with E-state index in [1.54, 1.807) is 35.5 Å². The van der Waals surface area contributed by atoms with Crippen LogP contribution in [0.15, 0.2) is 71.9 Å². The molecule has 1 fully saturated rings. The molecule has 3 N–H and O–H groups in total. The van der Waals surface area contributed by atoms with Gasteiger partial charge in [0.25, 0.3) is 15.9 Å². The lowest BCUT2D eigenvalue weighted by atomic mass is 10.0. The van der Waals surface area contributed by atoms with Gasteiger partial charge in [-0.25, -0.2) is 22.8 Å². The van der Waals surface area contributed by atoms with Gasteiger partial charge in [-0.2, -0.15) is 0 Å². The van der Waals surface area contributed by atoms with Crippen LogP contribution in [0.1, 0.15) is 29.6 Å². The quantitative estimate of drug-likeness (QED) is 0.329. The number of nitrogens with zero attached hydrogens (tertiary/aromatic N) is 3. The number of benzene rings is 2. The van der Waals surface area contributed by atoms with Crippen molar-refractivity contribution in [1.29, 1.82) is 0 Å². The Bertz CT molecular complexity index is 1350. The summed E-state index contributed by atoms with van der Waals surface area (Å²) in [5.41, 5.74) is 0.555. The fraction of sp³-hybridized carbons (Fsp3) is 0.280. The van der Waals surface area contributed by atoms with Crippen molar-refractivity contribution < 1.29 is 27.2 Å². The number of carbonyl (C=O) groups excluding carboxylic acids is 2. The van der Waals surface area contributed by atoms with E-state index in [0.29, 0.717) is 24.7 Å². The fourth-order valence-electron chi connectivity index (χ4n) is 3.90. The van der Waals surface area contributed by atoms with Crippen molar-refractivity contribution in [2.75, 3.05) is 29.9 Å². The van der Waals surface area contributed by atoms with E-state index in [2.05, 4.69) is 30.3 Å². The average molecular weight is 543 g/mol. The summed E-state index contributed by atoms with van der Waals surface area (Å²) in [6, 6.07) is 13.7. The zero-order valence-electron chi connectivity index (χ0n) is 20.3. The average Bonchev–Trinajstić information content (AvgIpc) is 2.94. The Morgan fingerprint density at radius 2 is 1.74 bits per heavy atom. The van der Waals surface area contributed by atoms with Crippen LogP contribution in [0.4, 0.5) is 16.0 Å². The fourth-order valence-corrected chi connectivity index (χ4v) is 4.71. The van der Waals surface area contributed by atoms with Gasteiger partial charge in [0.05, 0.1) is 16.9 Å². The molecule has 38 heavy (non-hydrogen) atoms. The molecule has 2 heterocycles. The van der Waals surface area contributed by atoms with Gasteiger partial charge >= 0.3 is 5.97 Å². The van der Waals surface area contributed by atoms with E-state index in [9.17, 15) is 22.4 Å². The number of carbonyl (C=O) groups is 2. The number of amides is 1. The van der Waals surface area contributed by atoms with Crippen LogP contribution in [0.2, 0.25) is 0 Å². The molecule has 0 aliphatic carbocycles. The lowest BCUT2D eigenvalue weighted by Crippen LogP contribution is -2.39. The summed E-state index contributed by atoms with van der Waals surface area (Å²) in [5, 5.41) is 5.77. The number of hydrogen-bond donors (Lipinski definition) is 3. The number of hydrogen-bond acceptors (Lipinski definition) is 9. The number of aromatic nitrogens is 2. The van der Waals surface area contributed by atoms with E-state index < -0.39 is 27.7 Å². The molecular formula is C25H27FN6O5S. The first-order chi connectivity index (χ1) is 18.3. The maximum Gasteiger partial charge on any atom is 0.327 e. The zero-order chi connectivity index (χ0) is 27.0. The second-order valence-electron chi connectivity index (χ2n) is 8.52. The molecule has 1 aliphatic heterocycles. The molecule has 13 heteroatoms. The summed E-state index contributed by atoms with van der Waals surface area (Å²) in [7, 11) is -4.03. The first kappa shape index (κ1) is 26.9. The Labute approximate surface area is 219 Å². The molecule has 3 aromatic rings. The van der Waals surface area contributed by atoms with Gasteiger partial charge < -0.3 is 20.4 Å². The molecule has 0 unspecified atom stereocenters. The van der Waals surface area contributed by atoms with E-state index in [0.717, 1.165) is 12.8 Å². The lowest BCUT2D eigenvalue weighted by Gasteiger charge is -2.34. The first-order valence-electron chi connectivity index (χ1n) is 11.9. The Balaban J connectivity index is 1.24. The van der Waals surface area contributed by atoms with Crippen LogP contribution in [0.3, 0.4) is 0 Å². The molecule has 1 saturated heterocycles. The Hall–Kier alpha value is -4.10. The minimum absolute atomic E-state index is 0.0674. The molecule has 0 spiro atoms. The van der Waals surface area contributed by atoms with Gasteiger partial charge in [-0.1, -0.05) is 18.2 Å². The molecule has 0 saturated carbocycles. The van der Waals surface area contributed by atoms with Crippen molar-refractivity contribution in [2.24, 2.45) is 0 Å². The van der Waals surface area contributed by atoms with Gasteiger partial charge in [-0.05, 0) is 54.1 Å². The summed E-state index contributed by atoms with van der Waals surface area (Å²) in [4.78, 5) is 41.2. The van der Waals surface area contributed by atoms with Gasteiger partial charge in [0.2, 0.25) is 5.95 Å². The van der Waals surface area contributed by atoms with Gasteiger partial charge in [0.1, 0.15) is 5.82 Å². The van der Waals surface area contributed by atoms with Gasteiger partial charge in [0, 0.05) is 43.8 Å². The molecule has 1 aromatic heterocycles. The first-order valence-corrected chi connectivity index (χ1v) is 13.4. The minimum Gasteiger partial charge on any atom is -0.371 e. The maximum absolute atomic E-state index is 14.4. The molecule has 2 aromatic carbocycles. The molecule has 200 valence electrons. The monoisotopic (exact) mass is 542 g/mol. The summed E-state index contributed by atoms with van der Waals surface area (Å²) >= 11 is 0. The SMILES string of the molecule is O=C(CCNC(=O)c1cc(N2CCC(Nc3ncccn3)CC2)ccc1F)ONS(=O)(=O)c1ccccc1. The van der Waals surface area contributed by atoms with E-state index in [1.165, 1.54) is 36.4 Å². The van der Waals surface area contributed by atoms with Crippen molar-refractivity contribution in [1.82, 2.24) is 20.2 Å². The number of rotatable bonds is 10. The van der Waals surface area contributed by atoms with Crippen LogP contribution in [-0.2, 0) is 19.7 Å². The normalized spacial score (nSPS) is 14.1. The molecule has 0 bridgehead atoms. The Morgan fingerprint density at radius 3 is 2.45 bits per heavy atom. The maximum atomic E-state index is 14.4. The van der Waals surface area contributed by atoms with E-state index in [1.807, 2.05) is 0 Å². The summed E-state index contributed by atoms with van der Waals surface area (Å²) < 4.78 is 38.6. The molecular weight excluding hydrogens is 515 g/mol. The second kappa shape index (κ2) is 12.4. The molecule has 4 rings (SSSR count). The van der Waals surface area contributed by atoms with E-state index >= 15 is 0 Å². The second-order valence-corrected chi connectivity index (χ2v) is 10.2. The standard InChI is InChI=1S/C25H27FN6O5S/c26-22-8-7-19(32-15-10-18(11-16-32)30-25-28-12-4-13-29-25)17-21(22)24(34)27-14-9-23(33)37-31-38(35,36)20-5-2-1-3-6-20/h1-8,12-13,17-18,31H,9-11,14-16H2,(H,27,34)(H,28,29,30). The minimum atomic E-state index is -4.03. The zero-order valence-corrected chi connectivity index (χ0v) is 21.2. The van der Waals surface area contributed by atoms with Crippen molar-refractivity contribution in [3.05, 3.63) is 78.4 Å². The Morgan fingerprint density at radius 1 is 1.03 bits per heavy atom. The molecule has 0 atom stereocenters. The smallest absolute Gasteiger partial charge is 0.327 e. The highest BCUT2D eigenvalue weighted by Gasteiger charge is 2.22. The van der Waals surface area contributed by atoms with Crippen molar-refractivity contribution >= 4 is 33.5 Å².